The molecule has 25 heavy (non-hydrogen) atoms. The first-order chi connectivity index (χ1) is 11.9. The number of aromatic nitrogens is 1. The molecule has 0 saturated carbocycles. The van der Waals surface area contributed by atoms with E-state index in [1.54, 1.807) is 25.1 Å². The molecule has 0 atom stereocenters. The van der Waals surface area contributed by atoms with Gasteiger partial charge in [0.15, 0.2) is 0 Å². The Kier molecular flexibility index (Phi) is 4.28. The van der Waals surface area contributed by atoms with Gasteiger partial charge >= 0.3 is 0 Å². The minimum atomic E-state index is -0.451. The number of hydrogen-bond donors (Lipinski definition) is 0. The molecule has 0 unspecified atom stereocenters. The van der Waals surface area contributed by atoms with E-state index < -0.39 is 9.85 Å². The molecular weight excluding hydrogens is 342 g/mol. The zero-order valence-corrected chi connectivity index (χ0v) is 14.2. The van der Waals surface area contributed by atoms with Crippen molar-refractivity contribution in [1.82, 2.24) is 4.98 Å². The zero-order chi connectivity index (χ0) is 18.1. The van der Waals surface area contributed by atoms with Crippen LogP contribution >= 0.6 is 11.3 Å². The number of rotatable bonds is 4. The smallest absolute Gasteiger partial charge is 0.258 e. The molecule has 126 valence electrons. The molecule has 8 heteroatoms. The lowest BCUT2D eigenvalue weighted by molar-refractivity contribution is -0.385. The predicted octanol–water partition coefficient (Wildman–Crippen LogP) is 4.91. The van der Waals surface area contributed by atoms with Crippen molar-refractivity contribution >= 4 is 22.7 Å². The van der Waals surface area contributed by atoms with Crippen LogP contribution in [-0.4, -0.2) is 14.8 Å². The normalized spacial score (nSPS) is 10.6. The maximum absolute atomic E-state index is 11.1. The number of nitro groups is 2. The molecule has 7 nitrogen and oxygen atoms in total. The van der Waals surface area contributed by atoms with E-state index in [-0.39, 0.29) is 11.4 Å². The Bertz CT molecular complexity index is 980. The summed E-state index contributed by atoms with van der Waals surface area (Å²) >= 11 is 1.44. The van der Waals surface area contributed by atoms with Gasteiger partial charge < -0.3 is 0 Å². The third-order valence-corrected chi connectivity index (χ3v) is 4.82. The summed E-state index contributed by atoms with van der Waals surface area (Å²) in [5.41, 5.74) is 2.80. The van der Waals surface area contributed by atoms with Gasteiger partial charge in [0, 0.05) is 39.8 Å². The second-order valence-corrected chi connectivity index (χ2v) is 6.69. The SMILES string of the molecule is Cc1ccc(-c2nc(-c3ccc([N+](=O)[O-])cc3)sc2C)cc1[N+](=O)[O-]. The minimum absolute atomic E-state index is 0.0198. The summed E-state index contributed by atoms with van der Waals surface area (Å²) in [5.74, 6) is 0. The molecule has 1 aromatic heterocycles. The fourth-order valence-electron chi connectivity index (χ4n) is 2.47. The maximum Gasteiger partial charge on any atom is 0.272 e. The highest BCUT2D eigenvalue weighted by atomic mass is 32.1. The van der Waals surface area contributed by atoms with Crippen LogP contribution in [0.5, 0.6) is 0 Å². The van der Waals surface area contributed by atoms with Crippen molar-refractivity contribution in [3.05, 3.63) is 73.1 Å². The molecule has 1 heterocycles. The van der Waals surface area contributed by atoms with Crippen LogP contribution in [0, 0.1) is 34.1 Å². The quantitative estimate of drug-likeness (QED) is 0.489. The van der Waals surface area contributed by atoms with Crippen LogP contribution in [-0.2, 0) is 0 Å². The van der Waals surface area contributed by atoms with Gasteiger partial charge in [-0.05, 0) is 26.0 Å². The molecule has 3 aromatic rings. The summed E-state index contributed by atoms with van der Waals surface area (Å²) in [6.07, 6.45) is 0. The van der Waals surface area contributed by atoms with Gasteiger partial charge in [0.2, 0.25) is 0 Å². The number of nitrogens with zero attached hydrogens (tertiary/aromatic N) is 3. The largest absolute Gasteiger partial charge is 0.272 e. The molecule has 0 fully saturated rings. The fourth-order valence-corrected chi connectivity index (χ4v) is 3.41. The van der Waals surface area contributed by atoms with Crippen LogP contribution < -0.4 is 0 Å². The number of thiazole rings is 1. The lowest BCUT2D eigenvalue weighted by Crippen LogP contribution is -1.92. The van der Waals surface area contributed by atoms with Crippen molar-refractivity contribution in [2.24, 2.45) is 0 Å². The van der Waals surface area contributed by atoms with Gasteiger partial charge in [0.25, 0.3) is 11.4 Å². The van der Waals surface area contributed by atoms with Gasteiger partial charge in [-0.2, -0.15) is 0 Å². The number of non-ortho nitro benzene ring substituents is 1. The Morgan fingerprint density at radius 1 is 0.920 bits per heavy atom. The lowest BCUT2D eigenvalue weighted by atomic mass is 10.1. The van der Waals surface area contributed by atoms with Gasteiger partial charge in [-0.25, -0.2) is 4.98 Å². The highest BCUT2D eigenvalue weighted by Crippen LogP contribution is 2.35. The van der Waals surface area contributed by atoms with Crippen LogP contribution in [0.15, 0.2) is 42.5 Å². The molecule has 0 radical (unpaired) electrons. The average Bonchev–Trinajstić information content (AvgIpc) is 2.97. The fraction of sp³-hybridized carbons (Fsp3) is 0.118. The minimum Gasteiger partial charge on any atom is -0.258 e. The first-order valence-electron chi connectivity index (χ1n) is 7.34. The van der Waals surface area contributed by atoms with Crippen molar-refractivity contribution in [1.29, 1.82) is 0 Å². The maximum atomic E-state index is 11.1. The van der Waals surface area contributed by atoms with Gasteiger partial charge in [-0.1, -0.05) is 12.1 Å². The van der Waals surface area contributed by atoms with E-state index in [0.717, 1.165) is 10.4 Å². The molecule has 0 N–H and O–H groups in total. The topological polar surface area (TPSA) is 99.2 Å². The van der Waals surface area contributed by atoms with Crippen LogP contribution in [0.1, 0.15) is 10.4 Å². The number of hydrogen-bond acceptors (Lipinski definition) is 6. The summed E-state index contributed by atoms with van der Waals surface area (Å²) in [6, 6.07) is 11.2. The highest BCUT2D eigenvalue weighted by molar-refractivity contribution is 7.15. The molecule has 0 aliphatic carbocycles. The Morgan fingerprint density at radius 3 is 2.16 bits per heavy atom. The van der Waals surface area contributed by atoms with E-state index in [2.05, 4.69) is 4.98 Å². The Labute approximate surface area is 146 Å². The molecule has 0 bridgehead atoms. The Morgan fingerprint density at radius 2 is 1.56 bits per heavy atom. The van der Waals surface area contributed by atoms with Crippen molar-refractivity contribution in [2.75, 3.05) is 0 Å². The molecule has 0 saturated heterocycles. The first kappa shape index (κ1) is 16.7. The first-order valence-corrected chi connectivity index (χ1v) is 8.16. The van der Waals surface area contributed by atoms with Crippen molar-refractivity contribution in [2.45, 2.75) is 13.8 Å². The molecular formula is C17H13N3O4S. The van der Waals surface area contributed by atoms with E-state index in [0.29, 0.717) is 21.8 Å². The number of aryl methyl sites for hydroxylation is 2. The molecule has 0 amide bonds. The Hall–Kier alpha value is -3.13. The molecule has 0 aliphatic rings. The van der Waals surface area contributed by atoms with E-state index in [1.165, 1.54) is 29.5 Å². The molecule has 0 spiro atoms. The Balaban J connectivity index is 2.02. The van der Waals surface area contributed by atoms with Gasteiger partial charge in [0.05, 0.1) is 15.5 Å². The van der Waals surface area contributed by atoms with E-state index >= 15 is 0 Å². The van der Waals surface area contributed by atoms with Crippen molar-refractivity contribution < 1.29 is 9.85 Å². The van der Waals surface area contributed by atoms with Crippen LogP contribution in [0.3, 0.4) is 0 Å². The number of benzene rings is 2. The van der Waals surface area contributed by atoms with E-state index in [9.17, 15) is 20.2 Å². The molecule has 0 aliphatic heterocycles. The zero-order valence-electron chi connectivity index (χ0n) is 13.4. The third kappa shape index (κ3) is 3.24. The van der Waals surface area contributed by atoms with E-state index in [1.807, 2.05) is 13.0 Å². The molecule has 3 rings (SSSR count). The number of nitro benzene ring substituents is 2. The van der Waals surface area contributed by atoms with E-state index in [4.69, 9.17) is 0 Å². The average molecular weight is 355 g/mol. The lowest BCUT2D eigenvalue weighted by Gasteiger charge is -2.01. The van der Waals surface area contributed by atoms with Gasteiger partial charge in [-0.3, -0.25) is 20.2 Å². The second-order valence-electron chi connectivity index (χ2n) is 5.49. The van der Waals surface area contributed by atoms with Gasteiger partial charge in [0.1, 0.15) is 5.01 Å². The summed E-state index contributed by atoms with van der Waals surface area (Å²) < 4.78 is 0. The standard InChI is InChI=1S/C17H13N3O4S/c1-10-3-4-13(9-15(10)20(23)24)16-11(2)25-17(18-16)12-5-7-14(8-6-12)19(21)22/h3-9H,1-2H3. The summed E-state index contributed by atoms with van der Waals surface area (Å²) in [7, 11) is 0. The van der Waals surface area contributed by atoms with Gasteiger partial charge in [-0.15, -0.1) is 11.3 Å². The van der Waals surface area contributed by atoms with Crippen LogP contribution in [0.2, 0.25) is 0 Å². The van der Waals surface area contributed by atoms with Crippen LogP contribution in [0.4, 0.5) is 11.4 Å². The monoisotopic (exact) mass is 355 g/mol. The van der Waals surface area contributed by atoms with Crippen molar-refractivity contribution in [3.8, 4) is 21.8 Å². The second kappa shape index (κ2) is 6.40. The highest BCUT2D eigenvalue weighted by Gasteiger charge is 2.17. The summed E-state index contributed by atoms with van der Waals surface area (Å²) in [5, 5.41) is 22.6. The third-order valence-electron chi connectivity index (χ3n) is 3.80. The summed E-state index contributed by atoms with van der Waals surface area (Å²) in [6.45, 7) is 3.59. The summed E-state index contributed by atoms with van der Waals surface area (Å²) in [4.78, 5) is 26.5. The van der Waals surface area contributed by atoms with Crippen molar-refractivity contribution in [3.63, 3.8) is 0 Å². The predicted molar refractivity (Wildman–Crippen MR) is 95.8 cm³/mol. The van der Waals surface area contributed by atoms with Crippen LogP contribution in [0.25, 0.3) is 21.8 Å². The molecule has 2 aromatic carbocycles.